The summed E-state index contributed by atoms with van der Waals surface area (Å²) in [6.45, 7) is 1.98. The van der Waals surface area contributed by atoms with Crippen molar-refractivity contribution in [2.75, 3.05) is 13.6 Å². The summed E-state index contributed by atoms with van der Waals surface area (Å²) in [7, 11) is 1.53. The number of aliphatic carboxylic acids is 1. The average molecular weight is 447 g/mol. The van der Waals surface area contributed by atoms with Gasteiger partial charge in [0.2, 0.25) is 0 Å². The lowest BCUT2D eigenvalue weighted by Gasteiger charge is -2.36. The van der Waals surface area contributed by atoms with E-state index < -0.39 is 5.97 Å². The highest BCUT2D eigenvalue weighted by molar-refractivity contribution is 5.97. The third kappa shape index (κ3) is 5.53. The van der Waals surface area contributed by atoms with E-state index in [1.165, 1.54) is 47.5 Å². The van der Waals surface area contributed by atoms with Crippen LogP contribution in [0, 0.1) is 11.8 Å². The Kier molecular flexibility index (Phi) is 7.29. The Bertz CT molecular complexity index is 1070. The second kappa shape index (κ2) is 10.3. The fourth-order valence-corrected chi connectivity index (χ4v) is 5.48. The van der Waals surface area contributed by atoms with E-state index in [0.29, 0.717) is 23.5 Å². The van der Waals surface area contributed by atoms with Gasteiger partial charge in [-0.1, -0.05) is 67.1 Å². The van der Waals surface area contributed by atoms with E-state index in [9.17, 15) is 9.59 Å². The number of carboxylic acid groups (broad SMARTS) is 1. The number of allylic oxidation sites excluding steroid dienone is 2. The maximum atomic E-state index is 12.5. The molecule has 0 aromatic heterocycles. The Morgan fingerprint density at radius 3 is 2.70 bits per heavy atom. The molecular weight excluding hydrogens is 412 g/mol. The molecule has 2 N–H and O–H groups in total. The lowest BCUT2D eigenvalue weighted by Crippen LogP contribution is -2.37. The van der Waals surface area contributed by atoms with Crippen molar-refractivity contribution < 1.29 is 14.7 Å². The predicted octanol–water partition coefficient (Wildman–Crippen LogP) is 5.09. The SMILES string of the molecule is C[C@@H](N[C@H]1CCC[C@H](C2C=CC(C(=O)N(C)CC(=O)O)=CC2)C1)c1cccc2ccccc12. The number of nitrogens with zero attached hydrogens (tertiary/aromatic N) is 1. The Hall–Kier alpha value is -2.92. The van der Waals surface area contributed by atoms with Crippen molar-refractivity contribution in [3.8, 4) is 0 Å². The molecule has 5 heteroatoms. The highest BCUT2D eigenvalue weighted by atomic mass is 16.4. The fourth-order valence-electron chi connectivity index (χ4n) is 5.48. The zero-order valence-corrected chi connectivity index (χ0v) is 19.5. The number of hydrogen-bond donors (Lipinski definition) is 2. The van der Waals surface area contributed by atoms with Crippen LogP contribution in [-0.4, -0.2) is 41.5 Å². The molecule has 2 aliphatic carbocycles. The number of carboxylic acids is 1. The molecule has 1 unspecified atom stereocenters. The maximum absolute atomic E-state index is 12.5. The summed E-state index contributed by atoms with van der Waals surface area (Å²) in [6, 6.07) is 15.9. The maximum Gasteiger partial charge on any atom is 0.323 e. The van der Waals surface area contributed by atoms with Crippen LogP contribution in [-0.2, 0) is 9.59 Å². The van der Waals surface area contributed by atoms with E-state index in [1.807, 2.05) is 12.2 Å². The first-order valence-electron chi connectivity index (χ1n) is 12.0. The molecule has 2 aromatic carbocycles. The van der Waals surface area contributed by atoms with Crippen LogP contribution in [0.3, 0.4) is 0 Å². The smallest absolute Gasteiger partial charge is 0.323 e. The molecule has 1 fully saturated rings. The monoisotopic (exact) mass is 446 g/mol. The normalized spacial score (nSPS) is 23.7. The number of amides is 1. The van der Waals surface area contributed by atoms with Crippen LogP contribution in [0.25, 0.3) is 10.8 Å². The summed E-state index contributed by atoms with van der Waals surface area (Å²) >= 11 is 0. The molecule has 1 amide bonds. The standard InChI is InChI=1S/C28H34N2O3/c1-19(25-12-6-8-21-7-3-4-11-26(21)25)29-24-10-5-9-23(17-24)20-13-15-22(16-14-20)28(33)30(2)18-27(31)32/h3-4,6-8,11-13,15-16,19-20,23-24,29H,5,9-10,14,17-18H2,1-2H3,(H,31,32)/t19-,20?,23+,24+/m1/s1. The van der Waals surface area contributed by atoms with Gasteiger partial charge in [0.25, 0.3) is 5.91 Å². The second-order valence-electron chi connectivity index (χ2n) is 9.55. The Balaban J connectivity index is 1.35. The fraction of sp³-hybridized carbons (Fsp3) is 0.429. The number of carbonyl (C=O) groups is 2. The summed E-state index contributed by atoms with van der Waals surface area (Å²) in [5.41, 5.74) is 1.95. The van der Waals surface area contributed by atoms with E-state index in [-0.39, 0.29) is 18.5 Å². The van der Waals surface area contributed by atoms with Crippen LogP contribution in [0.2, 0.25) is 0 Å². The number of likely N-dealkylation sites (N-methyl/N-ethyl adjacent to an activating group) is 1. The number of rotatable bonds is 7. The summed E-state index contributed by atoms with van der Waals surface area (Å²) in [5, 5.41) is 15.4. The number of nitrogens with one attached hydrogen (secondary N) is 1. The number of fused-ring (bicyclic) bond motifs is 1. The molecule has 1 saturated carbocycles. The molecule has 4 atom stereocenters. The summed E-state index contributed by atoms with van der Waals surface area (Å²) in [4.78, 5) is 24.6. The van der Waals surface area contributed by atoms with Gasteiger partial charge in [0, 0.05) is 24.7 Å². The molecule has 0 aliphatic heterocycles. The first kappa shape index (κ1) is 23.2. The second-order valence-corrected chi connectivity index (χ2v) is 9.55. The van der Waals surface area contributed by atoms with Crippen LogP contribution < -0.4 is 5.32 Å². The van der Waals surface area contributed by atoms with Gasteiger partial charge in [-0.25, -0.2) is 0 Å². The van der Waals surface area contributed by atoms with Crippen molar-refractivity contribution >= 4 is 22.6 Å². The molecular formula is C28H34N2O3. The van der Waals surface area contributed by atoms with Gasteiger partial charge in [-0.2, -0.15) is 0 Å². The third-order valence-electron chi connectivity index (χ3n) is 7.19. The Morgan fingerprint density at radius 1 is 1.15 bits per heavy atom. The predicted molar refractivity (Wildman–Crippen MR) is 132 cm³/mol. The van der Waals surface area contributed by atoms with Gasteiger partial charge in [-0.15, -0.1) is 0 Å². The molecule has 5 nitrogen and oxygen atoms in total. The van der Waals surface area contributed by atoms with Gasteiger partial charge < -0.3 is 15.3 Å². The minimum absolute atomic E-state index is 0.223. The Labute approximate surface area is 196 Å². The van der Waals surface area contributed by atoms with E-state index >= 15 is 0 Å². The molecule has 33 heavy (non-hydrogen) atoms. The molecule has 0 bridgehead atoms. The third-order valence-corrected chi connectivity index (χ3v) is 7.19. The number of benzene rings is 2. The summed E-state index contributed by atoms with van der Waals surface area (Å²) in [5.74, 6) is -0.192. The van der Waals surface area contributed by atoms with Crippen molar-refractivity contribution in [2.24, 2.45) is 11.8 Å². The molecule has 0 radical (unpaired) electrons. The molecule has 0 spiro atoms. The van der Waals surface area contributed by atoms with Crippen molar-refractivity contribution in [3.05, 3.63) is 71.8 Å². The van der Waals surface area contributed by atoms with E-state index in [0.717, 1.165) is 12.8 Å². The van der Waals surface area contributed by atoms with Crippen molar-refractivity contribution in [3.63, 3.8) is 0 Å². The van der Waals surface area contributed by atoms with Crippen LogP contribution >= 0.6 is 0 Å². The Morgan fingerprint density at radius 2 is 1.94 bits per heavy atom. The van der Waals surface area contributed by atoms with E-state index in [1.54, 1.807) is 0 Å². The van der Waals surface area contributed by atoms with Crippen LogP contribution in [0.4, 0.5) is 0 Å². The lowest BCUT2D eigenvalue weighted by atomic mass is 9.74. The topological polar surface area (TPSA) is 69.6 Å². The highest BCUT2D eigenvalue weighted by Crippen LogP contribution is 2.36. The minimum Gasteiger partial charge on any atom is -0.480 e. The number of hydrogen-bond acceptors (Lipinski definition) is 3. The van der Waals surface area contributed by atoms with Crippen molar-refractivity contribution in [2.45, 2.75) is 51.1 Å². The quantitative estimate of drug-likeness (QED) is 0.621. The van der Waals surface area contributed by atoms with Gasteiger partial charge in [0.15, 0.2) is 0 Å². The van der Waals surface area contributed by atoms with Gasteiger partial charge >= 0.3 is 5.97 Å². The lowest BCUT2D eigenvalue weighted by molar-refractivity contribution is -0.142. The summed E-state index contributed by atoms with van der Waals surface area (Å²) in [6.07, 6.45) is 11.7. The minimum atomic E-state index is -0.998. The van der Waals surface area contributed by atoms with Crippen molar-refractivity contribution in [1.82, 2.24) is 10.2 Å². The zero-order valence-electron chi connectivity index (χ0n) is 19.5. The highest BCUT2D eigenvalue weighted by Gasteiger charge is 2.29. The zero-order chi connectivity index (χ0) is 23.4. The molecule has 2 aliphatic rings. The largest absolute Gasteiger partial charge is 0.480 e. The van der Waals surface area contributed by atoms with Crippen LogP contribution in [0.15, 0.2) is 66.3 Å². The molecule has 0 heterocycles. The van der Waals surface area contributed by atoms with Crippen molar-refractivity contribution in [1.29, 1.82) is 0 Å². The van der Waals surface area contributed by atoms with Gasteiger partial charge in [0.1, 0.15) is 6.54 Å². The number of carbonyl (C=O) groups excluding carboxylic acids is 1. The molecule has 0 saturated heterocycles. The average Bonchev–Trinajstić information content (AvgIpc) is 2.83. The molecule has 2 aromatic rings. The van der Waals surface area contributed by atoms with E-state index in [2.05, 4.69) is 60.8 Å². The molecule has 174 valence electrons. The first-order chi connectivity index (χ1) is 15.9. The van der Waals surface area contributed by atoms with Crippen LogP contribution in [0.5, 0.6) is 0 Å². The van der Waals surface area contributed by atoms with Gasteiger partial charge in [0.05, 0.1) is 0 Å². The van der Waals surface area contributed by atoms with Gasteiger partial charge in [-0.3, -0.25) is 9.59 Å². The first-order valence-corrected chi connectivity index (χ1v) is 12.0. The van der Waals surface area contributed by atoms with E-state index in [4.69, 9.17) is 5.11 Å². The van der Waals surface area contributed by atoms with Gasteiger partial charge in [-0.05, 0) is 60.8 Å². The molecule has 4 rings (SSSR count). The van der Waals surface area contributed by atoms with Crippen LogP contribution in [0.1, 0.15) is 50.6 Å². The summed E-state index contributed by atoms with van der Waals surface area (Å²) < 4.78 is 0.